The van der Waals surface area contributed by atoms with Crippen molar-refractivity contribution in [2.75, 3.05) is 13.2 Å². The van der Waals surface area contributed by atoms with Crippen LogP contribution in [0.15, 0.2) is 0 Å². The van der Waals surface area contributed by atoms with Crippen LogP contribution in [0.3, 0.4) is 0 Å². The molecule has 4 N–H and O–H groups in total. The van der Waals surface area contributed by atoms with Gasteiger partial charge in [-0.3, -0.25) is 14.4 Å². The zero-order valence-corrected chi connectivity index (χ0v) is 17.4. The van der Waals surface area contributed by atoms with Gasteiger partial charge in [0, 0.05) is 24.8 Å². The number of carbonyl (C=O) groups excluding carboxylic acids is 3. The smallest absolute Gasteiger partial charge is 0.226 e. The van der Waals surface area contributed by atoms with Crippen molar-refractivity contribution in [1.29, 1.82) is 0 Å². The Balaban J connectivity index is 2.64. The summed E-state index contributed by atoms with van der Waals surface area (Å²) >= 11 is 0. The third-order valence-electron chi connectivity index (χ3n) is 5.55. The van der Waals surface area contributed by atoms with E-state index in [-0.39, 0.29) is 36.4 Å². The van der Waals surface area contributed by atoms with Gasteiger partial charge in [0.25, 0.3) is 0 Å². The van der Waals surface area contributed by atoms with Gasteiger partial charge >= 0.3 is 0 Å². The predicted molar refractivity (Wildman–Crippen MR) is 106 cm³/mol. The number of ketones is 2. The topological polar surface area (TPSA) is 109 Å². The van der Waals surface area contributed by atoms with Crippen LogP contribution in [0.5, 0.6) is 0 Å². The number of nitrogens with two attached hydrogens (primary N) is 1. The maximum absolute atomic E-state index is 12.7. The Labute approximate surface area is 163 Å². The van der Waals surface area contributed by atoms with Crippen LogP contribution >= 0.6 is 0 Å². The van der Waals surface area contributed by atoms with Gasteiger partial charge in [-0.25, -0.2) is 0 Å². The van der Waals surface area contributed by atoms with E-state index in [0.29, 0.717) is 11.8 Å². The molecule has 0 saturated heterocycles. The number of aliphatic hydroxyl groups is 1. The summed E-state index contributed by atoms with van der Waals surface area (Å²) in [6.07, 6.45) is 5.11. The molecule has 1 aliphatic rings. The van der Waals surface area contributed by atoms with Crippen molar-refractivity contribution in [3.8, 4) is 0 Å². The quantitative estimate of drug-likeness (QED) is 0.507. The Kier molecular flexibility index (Phi) is 10.2. The minimum Gasteiger partial charge on any atom is -0.396 e. The summed E-state index contributed by atoms with van der Waals surface area (Å²) in [5.41, 5.74) is 5.61. The molecule has 27 heavy (non-hydrogen) atoms. The van der Waals surface area contributed by atoms with E-state index in [1.165, 1.54) is 6.42 Å². The van der Waals surface area contributed by atoms with Gasteiger partial charge in [-0.2, -0.15) is 0 Å². The van der Waals surface area contributed by atoms with Gasteiger partial charge in [0.1, 0.15) is 5.78 Å². The highest BCUT2D eigenvalue weighted by molar-refractivity contribution is 5.93. The number of hydrogen-bond acceptors (Lipinski definition) is 5. The van der Waals surface area contributed by atoms with E-state index in [1.807, 2.05) is 0 Å². The zero-order chi connectivity index (χ0) is 20.6. The number of rotatable bonds is 11. The number of carbonyl (C=O) groups is 3. The molecular weight excluding hydrogens is 344 g/mol. The summed E-state index contributed by atoms with van der Waals surface area (Å²) in [6, 6.07) is -0.772. The molecule has 0 heterocycles. The van der Waals surface area contributed by atoms with Gasteiger partial charge in [0.15, 0.2) is 5.78 Å². The molecule has 1 fully saturated rings. The lowest BCUT2D eigenvalue weighted by Gasteiger charge is -2.30. The fourth-order valence-corrected chi connectivity index (χ4v) is 4.05. The van der Waals surface area contributed by atoms with E-state index < -0.39 is 24.5 Å². The van der Waals surface area contributed by atoms with Crippen molar-refractivity contribution in [1.82, 2.24) is 5.32 Å². The van der Waals surface area contributed by atoms with Crippen LogP contribution in [0.25, 0.3) is 0 Å². The van der Waals surface area contributed by atoms with Gasteiger partial charge in [-0.15, -0.1) is 0 Å². The van der Waals surface area contributed by atoms with Crippen LogP contribution in [-0.2, 0) is 14.4 Å². The van der Waals surface area contributed by atoms with Crippen molar-refractivity contribution in [3.63, 3.8) is 0 Å². The van der Waals surface area contributed by atoms with Crippen molar-refractivity contribution in [2.45, 2.75) is 72.3 Å². The van der Waals surface area contributed by atoms with Gasteiger partial charge in [-0.05, 0) is 31.1 Å². The van der Waals surface area contributed by atoms with E-state index in [9.17, 15) is 19.5 Å². The Hall–Kier alpha value is -1.27. The highest BCUT2D eigenvalue weighted by atomic mass is 16.3. The van der Waals surface area contributed by atoms with Crippen molar-refractivity contribution in [2.24, 2.45) is 35.3 Å². The fraction of sp³-hybridized carbons (Fsp3) is 0.857. The Bertz CT molecular complexity index is 504. The first-order valence-electron chi connectivity index (χ1n) is 10.4. The molecule has 0 aromatic rings. The van der Waals surface area contributed by atoms with E-state index in [1.54, 1.807) is 13.8 Å². The Morgan fingerprint density at radius 3 is 2.33 bits per heavy atom. The van der Waals surface area contributed by atoms with Crippen molar-refractivity contribution >= 4 is 17.5 Å². The lowest BCUT2D eigenvalue weighted by atomic mass is 9.75. The molecule has 1 aliphatic carbocycles. The van der Waals surface area contributed by atoms with Crippen molar-refractivity contribution < 1.29 is 19.5 Å². The molecule has 0 radical (unpaired) electrons. The van der Waals surface area contributed by atoms with E-state index in [4.69, 9.17) is 5.73 Å². The van der Waals surface area contributed by atoms with Crippen LogP contribution in [0.1, 0.15) is 66.2 Å². The molecule has 1 saturated carbocycles. The first-order chi connectivity index (χ1) is 12.7. The second-order valence-corrected chi connectivity index (χ2v) is 8.76. The summed E-state index contributed by atoms with van der Waals surface area (Å²) in [4.78, 5) is 37.3. The molecule has 0 spiro atoms. The molecule has 0 aliphatic heterocycles. The fourth-order valence-electron chi connectivity index (χ4n) is 4.05. The number of aliphatic hydroxyl groups excluding tert-OH is 1. The second kappa shape index (κ2) is 11.5. The maximum Gasteiger partial charge on any atom is 0.226 e. The third-order valence-corrected chi connectivity index (χ3v) is 5.55. The van der Waals surface area contributed by atoms with Gasteiger partial charge < -0.3 is 16.2 Å². The Morgan fingerprint density at radius 1 is 1.15 bits per heavy atom. The monoisotopic (exact) mass is 382 g/mol. The van der Waals surface area contributed by atoms with E-state index >= 15 is 0 Å². The lowest BCUT2D eigenvalue weighted by molar-refractivity contribution is -0.135. The van der Waals surface area contributed by atoms with Crippen LogP contribution in [0, 0.1) is 29.6 Å². The van der Waals surface area contributed by atoms with E-state index in [0.717, 1.165) is 25.7 Å². The van der Waals surface area contributed by atoms with Gasteiger partial charge in [0.2, 0.25) is 5.91 Å². The number of hydrogen-bond donors (Lipinski definition) is 3. The molecule has 0 unspecified atom stereocenters. The van der Waals surface area contributed by atoms with Gasteiger partial charge in [-0.1, -0.05) is 40.5 Å². The maximum atomic E-state index is 12.7. The van der Waals surface area contributed by atoms with Gasteiger partial charge in [0.05, 0.1) is 18.6 Å². The SMILES string of the molecule is CC(C)C[C@@H]1CCC[C@@H](C(=O)C[C@@H](CO)C(=O)N[C@@H](CN)C(=O)C(C)C)C1. The number of Topliss-reactive ketones (excluding diaryl/α,β-unsaturated/α-hetero) is 2. The molecular formula is C21H38N2O4. The van der Waals surface area contributed by atoms with Crippen LogP contribution < -0.4 is 11.1 Å². The normalized spacial score (nSPS) is 22.5. The zero-order valence-electron chi connectivity index (χ0n) is 17.4. The summed E-state index contributed by atoms with van der Waals surface area (Å²) in [5, 5.41) is 12.2. The van der Waals surface area contributed by atoms with E-state index in [2.05, 4.69) is 19.2 Å². The van der Waals surface area contributed by atoms with Crippen molar-refractivity contribution in [3.05, 3.63) is 0 Å². The lowest BCUT2D eigenvalue weighted by Crippen LogP contribution is -2.50. The van der Waals surface area contributed by atoms with Crippen LogP contribution in [0.2, 0.25) is 0 Å². The van der Waals surface area contributed by atoms with Crippen LogP contribution in [0.4, 0.5) is 0 Å². The molecule has 0 bridgehead atoms. The highest BCUT2D eigenvalue weighted by Gasteiger charge is 2.32. The minimum absolute atomic E-state index is 0.00829. The third kappa shape index (κ3) is 7.70. The largest absolute Gasteiger partial charge is 0.396 e. The Morgan fingerprint density at radius 2 is 1.81 bits per heavy atom. The molecule has 1 rings (SSSR count). The van der Waals surface area contributed by atoms with Crippen LogP contribution in [-0.4, -0.2) is 41.8 Å². The average molecular weight is 383 g/mol. The molecule has 0 aromatic heterocycles. The molecule has 1 amide bonds. The first kappa shape index (κ1) is 23.8. The summed E-state index contributed by atoms with van der Waals surface area (Å²) < 4.78 is 0. The molecule has 0 aromatic carbocycles. The molecule has 6 nitrogen and oxygen atoms in total. The second-order valence-electron chi connectivity index (χ2n) is 8.76. The number of nitrogens with one attached hydrogen (secondary N) is 1. The number of amides is 1. The highest BCUT2D eigenvalue weighted by Crippen LogP contribution is 2.34. The molecule has 156 valence electrons. The first-order valence-corrected chi connectivity index (χ1v) is 10.4. The average Bonchev–Trinajstić information content (AvgIpc) is 2.62. The molecule has 4 atom stereocenters. The standard InChI is InChI=1S/C21H38N2O4/c1-13(2)8-15-6-5-7-16(9-15)19(25)10-17(12-24)21(27)23-18(11-22)20(26)14(3)4/h13-18,24H,5-12,22H2,1-4H3,(H,23,27)/t15-,16+,17-,18-/m0/s1. The minimum atomic E-state index is -0.822. The summed E-state index contributed by atoms with van der Waals surface area (Å²) in [6.45, 7) is 7.50. The summed E-state index contributed by atoms with van der Waals surface area (Å²) in [5.74, 6) is -0.456. The molecule has 6 heteroatoms. The summed E-state index contributed by atoms with van der Waals surface area (Å²) in [7, 11) is 0. The predicted octanol–water partition coefficient (Wildman–Crippen LogP) is 2.08.